The molecule has 3 nitrogen and oxygen atoms in total. The first kappa shape index (κ1) is 15.8. The number of aromatic amines is 1. The summed E-state index contributed by atoms with van der Waals surface area (Å²) in [5, 5.41) is 3.40. The molecular weight excluding hydrogens is 258 g/mol. The van der Waals surface area contributed by atoms with Crippen molar-refractivity contribution in [3.05, 3.63) is 41.9 Å². The van der Waals surface area contributed by atoms with Crippen molar-refractivity contribution < 1.29 is 0 Å². The van der Waals surface area contributed by atoms with Gasteiger partial charge in [0, 0.05) is 0 Å². The van der Waals surface area contributed by atoms with Crippen LogP contribution < -0.4 is 5.32 Å². The van der Waals surface area contributed by atoms with E-state index in [1.54, 1.807) is 0 Å². The summed E-state index contributed by atoms with van der Waals surface area (Å²) < 4.78 is 0. The van der Waals surface area contributed by atoms with E-state index >= 15 is 0 Å². The highest BCUT2D eigenvalue weighted by Gasteiger charge is 2.04. The molecular formula is C18H27N3. The van der Waals surface area contributed by atoms with E-state index < -0.39 is 0 Å². The van der Waals surface area contributed by atoms with Crippen LogP contribution in [-0.2, 0) is 13.0 Å². The molecule has 0 unspecified atom stereocenters. The topological polar surface area (TPSA) is 40.7 Å². The Labute approximate surface area is 128 Å². The second-order valence-corrected chi connectivity index (χ2v) is 6.56. The van der Waals surface area contributed by atoms with Gasteiger partial charge in [-0.1, -0.05) is 52.0 Å². The van der Waals surface area contributed by atoms with Crippen LogP contribution in [0.15, 0.2) is 30.5 Å². The second kappa shape index (κ2) is 7.41. The van der Waals surface area contributed by atoms with Gasteiger partial charge in [-0.3, -0.25) is 0 Å². The van der Waals surface area contributed by atoms with Gasteiger partial charge in [0.25, 0.3) is 0 Å². The van der Waals surface area contributed by atoms with Crippen molar-refractivity contribution in [2.24, 2.45) is 11.8 Å². The van der Waals surface area contributed by atoms with E-state index in [2.05, 4.69) is 67.2 Å². The molecule has 0 aliphatic heterocycles. The van der Waals surface area contributed by atoms with Crippen molar-refractivity contribution in [1.82, 2.24) is 15.3 Å². The summed E-state index contributed by atoms with van der Waals surface area (Å²) in [6, 6.07) is 8.78. The molecule has 2 N–H and O–H groups in total. The summed E-state index contributed by atoms with van der Waals surface area (Å²) >= 11 is 0. The number of benzene rings is 1. The largest absolute Gasteiger partial charge is 0.341 e. The fourth-order valence-electron chi connectivity index (χ4n) is 2.37. The molecule has 0 amide bonds. The Kier molecular flexibility index (Phi) is 5.57. The van der Waals surface area contributed by atoms with Gasteiger partial charge in [-0.15, -0.1) is 0 Å². The van der Waals surface area contributed by atoms with E-state index in [0.29, 0.717) is 11.8 Å². The van der Waals surface area contributed by atoms with Crippen molar-refractivity contribution in [3.63, 3.8) is 0 Å². The fourth-order valence-corrected chi connectivity index (χ4v) is 2.37. The molecule has 0 fully saturated rings. The van der Waals surface area contributed by atoms with Crippen LogP contribution in [0.1, 0.15) is 39.1 Å². The number of aromatic nitrogens is 2. The Bertz CT molecular complexity index is 538. The maximum atomic E-state index is 4.44. The van der Waals surface area contributed by atoms with Gasteiger partial charge in [-0.2, -0.15) is 0 Å². The summed E-state index contributed by atoms with van der Waals surface area (Å²) in [4.78, 5) is 7.83. The molecule has 114 valence electrons. The highest BCUT2D eigenvalue weighted by atomic mass is 15.0. The van der Waals surface area contributed by atoms with E-state index in [1.165, 1.54) is 11.1 Å². The van der Waals surface area contributed by atoms with Gasteiger partial charge >= 0.3 is 0 Å². The van der Waals surface area contributed by atoms with Crippen LogP contribution in [0.5, 0.6) is 0 Å². The van der Waals surface area contributed by atoms with Gasteiger partial charge in [0.1, 0.15) is 5.82 Å². The molecule has 21 heavy (non-hydrogen) atoms. The lowest BCUT2D eigenvalue weighted by Crippen LogP contribution is -2.19. The fraction of sp³-hybridized carbons (Fsp3) is 0.500. The van der Waals surface area contributed by atoms with Crippen molar-refractivity contribution in [3.8, 4) is 11.3 Å². The predicted molar refractivity (Wildman–Crippen MR) is 89.1 cm³/mol. The minimum absolute atomic E-state index is 0.660. The first-order valence-electron chi connectivity index (χ1n) is 7.88. The quantitative estimate of drug-likeness (QED) is 0.806. The molecule has 0 aliphatic rings. The van der Waals surface area contributed by atoms with Gasteiger partial charge in [0.15, 0.2) is 0 Å². The molecule has 2 aromatic rings. The normalized spacial score (nSPS) is 11.5. The van der Waals surface area contributed by atoms with Crippen LogP contribution in [-0.4, -0.2) is 16.5 Å². The number of H-pyrrole nitrogens is 1. The Morgan fingerprint density at radius 3 is 2.38 bits per heavy atom. The molecule has 0 saturated carbocycles. The third-order valence-corrected chi connectivity index (χ3v) is 3.38. The number of nitrogens with zero attached hydrogens (tertiary/aromatic N) is 1. The summed E-state index contributed by atoms with van der Waals surface area (Å²) in [5.41, 5.74) is 3.68. The van der Waals surface area contributed by atoms with Gasteiger partial charge in [0.2, 0.25) is 0 Å². The minimum Gasteiger partial charge on any atom is -0.341 e. The van der Waals surface area contributed by atoms with Crippen LogP contribution in [0.25, 0.3) is 11.3 Å². The van der Waals surface area contributed by atoms with Crippen LogP contribution >= 0.6 is 0 Å². The van der Waals surface area contributed by atoms with E-state index in [0.717, 1.165) is 31.0 Å². The zero-order valence-electron chi connectivity index (χ0n) is 13.6. The second-order valence-electron chi connectivity index (χ2n) is 6.56. The molecule has 0 saturated heterocycles. The average molecular weight is 285 g/mol. The number of rotatable bonds is 7. The zero-order chi connectivity index (χ0) is 15.2. The van der Waals surface area contributed by atoms with Crippen molar-refractivity contribution in [2.75, 3.05) is 6.54 Å². The number of hydrogen-bond donors (Lipinski definition) is 2. The summed E-state index contributed by atoms with van der Waals surface area (Å²) in [5.74, 6) is 2.35. The molecule has 1 aromatic carbocycles. The van der Waals surface area contributed by atoms with E-state index in [-0.39, 0.29) is 0 Å². The predicted octanol–water partition coefficient (Wildman–Crippen LogP) is 4.02. The van der Waals surface area contributed by atoms with Crippen LogP contribution in [0, 0.1) is 11.8 Å². The lowest BCUT2D eigenvalue weighted by molar-refractivity contribution is 0.545. The number of imidazole rings is 1. The van der Waals surface area contributed by atoms with Gasteiger partial charge < -0.3 is 10.3 Å². The minimum atomic E-state index is 0.660. The van der Waals surface area contributed by atoms with Gasteiger partial charge in [0.05, 0.1) is 18.4 Å². The van der Waals surface area contributed by atoms with Crippen molar-refractivity contribution >= 4 is 0 Å². The van der Waals surface area contributed by atoms with Crippen LogP contribution in [0.2, 0.25) is 0 Å². The lowest BCUT2D eigenvalue weighted by Gasteiger charge is -2.06. The molecule has 3 heteroatoms. The Morgan fingerprint density at radius 1 is 1.05 bits per heavy atom. The lowest BCUT2D eigenvalue weighted by atomic mass is 10.0. The highest BCUT2D eigenvalue weighted by Crippen LogP contribution is 2.19. The highest BCUT2D eigenvalue weighted by molar-refractivity contribution is 5.58. The monoisotopic (exact) mass is 285 g/mol. The molecule has 0 atom stereocenters. The average Bonchev–Trinajstić information content (AvgIpc) is 2.87. The molecule has 0 spiro atoms. The summed E-state index contributed by atoms with van der Waals surface area (Å²) in [6.45, 7) is 10.7. The van der Waals surface area contributed by atoms with Crippen molar-refractivity contribution in [2.45, 2.75) is 40.7 Å². The van der Waals surface area contributed by atoms with E-state index in [9.17, 15) is 0 Å². The smallest absolute Gasteiger partial charge is 0.120 e. The maximum absolute atomic E-state index is 4.44. The third kappa shape index (κ3) is 5.01. The first-order chi connectivity index (χ1) is 10.0. The first-order valence-corrected chi connectivity index (χ1v) is 7.88. The Balaban J connectivity index is 1.97. The Morgan fingerprint density at radius 2 is 1.76 bits per heavy atom. The molecule has 0 radical (unpaired) electrons. The molecule has 1 aromatic heterocycles. The zero-order valence-corrected chi connectivity index (χ0v) is 13.6. The molecule has 2 rings (SSSR count). The third-order valence-electron chi connectivity index (χ3n) is 3.38. The summed E-state index contributed by atoms with van der Waals surface area (Å²) in [7, 11) is 0. The van der Waals surface area contributed by atoms with E-state index in [4.69, 9.17) is 0 Å². The molecule has 0 bridgehead atoms. The van der Waals surface area contributed by atoms with Crippen molar-refractivity contribution in [1.29, 1.82) is 0 Å². The Hall–Kier alpha value is -1.61. The SMILES string of the molecule is CC(C)CNCc1ncc(-c2ccc(CC(C)C)cc2)[nH]1. The number of hydrogen-bond acceptors (Lipinski definition) is 2. The van der Waals surface area contributed by atoms with Gasteiger partial charge in [-0.05, 0) is 35.9 Å². The van der Waals surface area contributed by atoms with Gasteiger partial charge in [-0.25, -0.2) is 4.98 Å². The molecule has 0 aliphatic carbocycles. The standard InChI is InChI=1S/C18H27N3/c1-13(2)9-15-5-7-16(8-6-15)17-11-20-18(21-17)12-19-10-14(3)4/h5-8,11,13-14,19H,9-10,12H2,1-4H3,(H,20,21). The van der Waals surface area contributed by atoms with E-state index in [1.807, 2.05) is 6.20 Å². The van der Waals surface area contributed by atoms with Crippen LogP contribution in [0.4, 0.5) is 0 Å². The maximum Gasteiger partial charge on any atom is 0.120 e. The summed E-state index contributed by atoms with van der Waals surface area (Å²) in [6.07, 6.45) is 3.05. The number of nitrogens with one attached hydrogen (secondary N) is 2. The molecule has 1 heterocycles. The van der Waals surface area contributed by atoms with Crippen LogP contribution in [0.3, 0.4) is 0 Å².